The maximum Gasteiger partial charge on any atom is 0.264 e. The Hall–Kier alpha value is -2.61. The lowest BCUT2D eigenvalue weighted by molar-refractivity contribution is -0.130. The molecule has 0 saturated carbocycles. The number of nitrogens with zero attached hydrogens (tertiary/aromatic N) is 1. The van der Waals surface area contributed by atoms with E-state index in [9.17, 15) is 9.59 Å². The number of amides is 2. The molecule has 7 nitrogen and oxygen atoms in total. The lowest BCUT2D eigenvalue weighted by Gasteiger charge is -2.25. The van der Waals surface area contributed by atoms with Gasteiger partial charge in [-0.25, -0.2) is 4.98 Å². The SMILES string of the molecule is Cc1csc(NC(=O)CCNC(=O)[C@@H]2COc3ccccc3O2)n1. The van der Waals surface area contributed by atoms with Crippen LogP contribution in [0.4, 0.5) is 5.13 Å². The summed E-state index contributed by atoms with van der Waals surface area (Å²) >= 11 is 1.37. The molecule has 0 aliphatic carbocycles. The fourth-order valence-electron chi connectivity index (χ4n) is 2.15. The summed E-state index contributed by atoms with van der Waals surface area (Å²) in [5.41, 5.74) is 0.860. The highest BCUT2D eigenvalue weighted by Crippen LogP contribution is 2.30. The van der Waals surface area contributed by atoms with E-state index >= 15 is 0 Å². The third kappa shape index (κ3) is 4.02. The third-order valence-corrected chi connectivity index (χ3v) is 4.19. The second kappa shape index (κ2) is 7.31. The molecule has 1 aliphatic heterocycles. The predicted octanol–water partition coefficient (Wildman–Crippen LogP) is 1.74. The van der Waals surface area contributed by atoms with Crippen LogP contribution in [-0.2, 0) is 9.59 Å². The zero-order chi connectivity index (χ0) is 16.9. The zero-order valence-electron chi connectivity index (χ0n) is 13.1. The number of ether oxygens (including phenoxy) is 2. The first-order valence-electron chi connectivity index (χ1n) is 7.50. The molecule has 1 aliphatic rings. The topological polar surface area (TPSA) is 89.6 Å². The summed E-state index contributed by atoms with van der Waals surface area (Å²) < 4.78 is 11.1. The molecule has 0 bridgehead atoms. The monoisotopic (exact) mass is 347 g/mol. The molecule has 8 heteroatoms. The van der Waals surface area contributed by atoms with Gasteiger partial charge in [0, 0.05) is 18.3 Å². The summed E-state index contributed by atoms with van der Waals surface area (Å²) in [4.78, 5) is 28.0. The van der Waals surface area contributed by atoms with Crippen molar-refractivity contribution in [2.45, 2.75) is 19.4 Å². The van der Waals surface area contributed by atoms with E-state index in [1.807, 2.05) is 24.4 Å². The quantitative estimate of drug-likeness (QED) is 0.860. The molecule has 1 aromatic carbocycles. The van der Waals surface area contributed by atoms with Gasteiger partial charge in [-0.05, 0) is 19.1 Å². The average molecular weight is 347 g/mol. The van der Waals surface area contributed by atoms with Crippen molar-refractivity contribution >= 4 is 28.3 Å². The fourth-order valence-corrected chi connectivity index (χ4v) is 2.86. The van der Waals surface area contributed by atoms with Crippen molar-refractivity contribution in [2.75, 3.05) is 18.5 Å². The van der Waals surface area contributed by atoms with Gasteiger partial charge in [0.2, 0.25) is 12.0 Å². The van der Waals surface area contributed by atoms with Crippen LogP contribution in [0.25, 0.3) is 0 Å². The molecule has 0 radical (unpaired) electrons. The first-order chi connectivity index (χ1) is 11.6. The van der Waals surface area contributed by atoms with Crippen LogP contribution in [0.5, 0.6) is 11.5 Å². The number of para-hydroxylation sites is 2. The number of hydrogen-bond acceptors (Lipinski definition) is 6. The molecule has 2 heterocycles. The van der Waals surface area contributed by atoms with Crippen molar-refractivity contribution in [1.29, 1.82) is 0 Å². The first-order valence-corrected chi connectivity index (χ1v) is 8.38. The molecule has 1 aromatic heterocycles. The van der Waals surface area contributed by atoms with Gasteiger partial charge in [-0.2, -0.15) is 0 Å². The Morgan fingerprint density at radius 1 is 1.33 bits per heavy atom. The number of hydrogen-bond donors (Lipinski definition) is 2. The van der Waals surface area contributed by atoms with Crippen LogP contribution < -0.4 is 20.1 Å². The van der Waals surface area contributed by atoms with E-state index in [1.165, 1.54) is 11.3 Å². The number of aryl methyl sites for hydroxylation is 1. The minimum atomic E-state index is -0.718. The highest BCUT2D eigenvalue weighted by Gasteiger charge is 2.26. The molecule has 0 saturated heterocycles. The van der Waals surface area contributed by atoms with Crippen molar-refractivity contribution in [3.63, 3.8) is 0 Å². The standard InChI is InChI=1S/C16H17N3O4S/c1-10-9-24-16(18-10)19-14(20)6-7-17-15(21)13-8-22-11-4-2-3-5-12(11)23-13/h2-5,9,13H,6-8H2,1H3,(H,17,21)(H,18,19,20)/t13-/m0/s1. The molecule has 0 fully saturated rings. The van der Waals surface area contributed by atoms with Crippen molar-refractivity contribution < 1.29 is 19.1 Å². The number of carbonyl (C=O) groups is 2. The van der Waals surface area contributed by atoms with E-state index in [4.69, 9.17) is 9.47 Å². The predicted molar refractivity (Wildman–Crippen MR) is 89.5 cm³/mol. The van der Waals surface area contributed by atoms with Crippen molar-refractivity contribution in [3.8, 4) is 11.5 Å². The molecule has 2 aromatic rings. The van der Waals surface area contributed by atoms with E-state index in [0.717, 1.165) is 5.69 Å². The van der Waals surface area contributed by atoms with Crippen molar-refractivity contribution in [1.82, 2.24) is 10.3 Å². The number of benzene rings is 1. The van der Waals surface area contributed by atoms with Crippen LogP contribution in [0.2, 0.25) is 0 Å². The Labute approximate surface area is 143 Å². The number of carbonyl (C=O) groups excluding carboxylic acids is 2. The Balaban J connectivity index is 1.42. The van der Waals surface area contributed by atoms with Crippen LogP contribution >= 0.6 is 11.3 Å². The summed E-state index contributed by atoms with van der Waals surface area (Å²) in [5.74, 6) is 0.665. The maximum absolute atomic E-state index is 12.1. The van der Waals surface area contributed by atoms with Gasteiger partial charge in [-0.1, -0.05) is 12.1 Å². The number of fused-ring (bicyclic) bond motifs is 1. The molecule has 2 amide bonds. The lowest BCUT2D eigenvalue weighted by Crippen LogP contribution is -2.44. The number of thiazole rings is 1. The zero-order valence-corrected chi connectivity index (χ0v) is 13.9. The van der Waals surface area contributed by atoms with E-state index in [0.29, 0.717) is 16.6 Å². The molecule has 0 spiro atoms. The summed E-state index contributed by atoms with van der Waals surface area (Å²) in [5, 5.41) is 7.79. The maximum atomic E-state index is 12.1. The van der Waals surface area contributed by atoms with E-state index in [-0.39, 0.29) is 31.4 Å². The molecule has 2 N–H and O–H groups in total. The summed E-state index contributed by atoms with van der Waals surface area (Å²) in [6, 6.07) is 7.19. The highest BCUT2D eigenvalue weighted by atomic mass is 32.1. The Kier molecular flexibility index (Phi) is 4.95. The number of aromatic nitrogens is 1. The van der Waals surface area contributed by atoms with Crippen LogP contribution in [0.15, 0.2) is 29.6 Å². The molecule has 24 heavy (non-hydrogen) atoms. The Morgan fingerprint density at radius 2 is 2.12 bits per heavy atom. The van der Waals surface area contributed by atoms with Gasteiger partial charge in [0.05, 0.1) is 5.69 Å². The van der Waals surface area contributed by atoms with Crippen molar-refractivity contribution in [2.24, 2.45) is 0 Å². The third-order valence-electron chi connectivity index (χ3n) is 3.32. The van der Waals surface area contributed by atoms with Gasteiger partial charge in [0.25, 0.3) is 5.91 Å². The largest absolute Gasteiger partial charge is 0.485 e. The summed E-state index contributed by atoms with van der Waals surface area (Å²) in [6.45, 7) is 2.22. The molecule has 3 rings (SSSR count). The lowest BCUT2D eigenvalue weighted by atomic mass is 10.2. The van der Waals surface area contributed by atoms with Crippen LogP contribution in [0.3, 0.4) is 0 Å². The van der Waals surface area contributed by atoms with E-state index in [2.05, 4.69) is 15.6 Å². The first kappa shape index (κ1) is 16.3. The van der Waals surface area contributed by atoms with Crippen LogP contribution in [0, 0.1) is 6.92 Å². The van der Waals surface area contributed by atoms with Gasteiger partial charge < -0.3 is 20.1 Å². The molecular formula is C16H17N3O4S. The normalized spacial score (nSPS) is 15.6. The molecule has 1 atom stereocenters. The molecular weight excluding hydrogens is 330 g/mol. The second-order valence-corrected chi connectivity index (χ2v) is 6.11. The second-order valence-electron chi connectivity index (χ2n) is 5.25. The van der Waals surface area contributed by atoms with Crippen molar-refractivity contribution in [3.05, 3.63) is 35.3 Å². The smallest absolute Gasteiger partial charge is 0.264 e. The van der Waals surface area contributed by atoms with Gasteiger partial charge >= 0.3 is 0 Å². The molecule has 126 valence electrons. The van der Waals surface area contributed by atoms with Gasteiger partial charge in [0.15, 0.2) is 16.6 Å². The van der Waals surface area contributed by atoms with Gasteiger partial charge in [-0.3, -0.25) is 9.59 Å². The average Bonchev–Trinajstić information content (AvgIpc) is 2.99. The summed E-state index contributed by atoms with van der Waals surface area (Å²) in [7, 11) is 0. The number of anilines is 1. The van der Waals surface area contributed by atoms with Crippen LogP contribution in [-0.4, -0.2) is 36.1 Å². The van der Waals surface area contributed by atoms with Crippen LogP contribution in [0.1, 0.15) is 12.1 Å². The summed E-state index contributed by atoms with van der Waals surface area (Å²) in [6.07, 6.45) is -0.557. The fraction of sp³-hybridized carbons (Fsp3) is 0.312. The molecule has 0 unspecified atom stereocenters. The Morgan fingerprint density at radius 3 is 2.88 bits per heavy atom. The number of nitrogens with one attached hydrogen (secondary N) is 2. The Bertz CT molecular complexity index is 746. The van der Waals surface area contributed by atoms with Gasteiger partial charge in [-0.15, -0.1) is 11.3 Å². The highest BCUT2D eigenvalue weighted by molar-refractivity contribution is 7.13. The van der Waals surface area contributed by atoms with E-state index < -0.39 is 6.10 Å². The minimum Gasteiger partial charge on any atom is -0.485 e. The number of rotatable bonds is 5. The van der Waals surface area contributed by atoms with Gasteiger partial charge in [0.1, 0.15) is 6.61 Å². The minimum absolute atomic E-state index is 0.146. The van der Waals surface area contributed by atoms with E-state index in [1.54, 1.807) is 12.1 Å².